The molecule has 0 aromatic heterocycles. The van der Waals surface area contributed by atoms with Crippen molar-refractivity contribution >= 4 is 6.29 Å². The van der Waals surface area contributed by atoms with Gasteiger partial charge in [0.15, 0.2) is 0 Å². The highest BCUT2D eigenvalue weighted by Crippen LogP contribution is 2.18. The Bertz CT molecular complexity index is 297. The number of methoxy groups -OCH3 is 1. The Morgan fingerprint density at radius 2 is 2.07 bits per heavy atom. The number of carbonyl (C=O) groups excluding carboxylic acids is 1. The predicted octanol–water partition coefficient (Wildman–Crippen LogP) is 1.84. The zero-order chi connectivity index (χ0) is 10.9. The summed E-state index contributed by atoms with van der Waals surface area (Å²) in [5, 5.41) is 0. The molecule has 0 amide bonds. The average Bonchev–Trinajstić information content (AvgIpc) is 2.28. The molecule has 1 aromatic rings. The average molecular weight is 208 g/mol. The SMILES string of the molecule is COCCOc1ccccc1CCC=O. The van der Waals surface area contributed by atoms with E-state index >= 15 is 0 Å². The second-order valence-electron chi connectivity index (χ2n) is 3.15. The molecular weight excluding hydrogens is 192 g/mol. The van der Waals surface area contributed by atoms with Gasteiger partial charge in [-0.25, -0.2) is 0 Å². The zero-order valence-corrected chi connectivity index (χ0v) is 8.94. The summed E-state index contributed by atoms with van der Waals surface area (Å²) in [7, 11) is 1.64. The van der Waals surface area contributed by atoms with E-state index in [0.29, 0.717) is 19.6 Å². The highest BCUT2D eigenvalue weighted by molar-refractivity contribution is 5.50. The van der Waals surface area contributed by atoms with Gasteiger partial charge in [0.1, 0.15) is 18.6 Å². The fourth-order valence-electron chi connectivity index (χ4n) is 1.30. The molecule has 0 heterocycles. The molecule has 1 rings (SSSR count). The zero-order valence-electron chi connectivity index (χ0n) is 8.94. The van der Waals surface area contributed by atoms with Crippen molar-refractivity contribution in [2.45, 2.75) is 12.8 Å². The minimum atomic E-state index is 0.532. The molecule has 0 spiro atoms. The van der Waals surface area contributed by atoms with E-state index in [1.165, 1.54) is 0 Å². The minimum absolute atomic E-state index is 0.532. The lowest BCUT2D eigenvalue weighted by Gasteiger charge is -2.09. The highest BCUT2D eigenvalue weighted by atomic mass is 16.5. The van der Waals surface area contributed by atoms with Gasteiger partial charge in [-0.2, -0.15) is 0 Å². The molecule has 0 N–H and O–H groups in total. The third-order valence-electron chi connectivity index (χ3n) is 2.05. The number of rotatable bonds is 7. The van der Waals surface area contributed by atoms with E-state index in [0.717, 1.165) is 24.0 Å². The maximum absolute atomic E-state index is 10.3. The van der Waals surface area contributed by atoms with Crippen LogP contribution in [-0.2, 0) is 16.0 Å². The number of aryl methyl sites for hydroxylation is 1. The Kier molecular flexibility index (Phi) is 5.48. The van der Waals surface area contributed by atoms with Gasteiger partial charge in [-0.1, -0.05) is 18.2 Å². The van der Waals surface area contributed by atoms with E-state index in [2.05, 4.69) is 0 Å². The molecular formula is C12H16O3. The molecule has 3 heteroatoms. The van der Waals surface area contributed by atoms with Crippen LogP contribution in [0.25, 0.3) is 0 Å². The first kappa shape index (κ1) is 11.7. The van der Waals surface area contributed by atoms with Crippen LogP contribution in [-0.4, -0.2) is 26.6 Å². The Morgan fingerprint density at radius 3 is 2.80 bits per heavy atom. The molecule has 0 aliphatic rings. The standard InChI is InChI=1S/C12H16O3/c1-14-9-10-15-12-7-3-2-5-11(12)6-4-8-13/h2-3,5,7-8H,4,6,9-10H2,1H3. The quantitative estimate of drug-likeness (QED) is 0.506. The third-order valence-corrected chi connectivity index (χ3v) is 2.05. The third kappa shape index (κ3) is 4.13. The van der Waals surface area contributed by atoms with Crippen LogP contribution in [0.1, 0.15) is 12.0 Å². The molecule has 1 aromatic carbocycles. The molecule has 15 heavy (non-hydrogen) atoms. The molecule has 3 nitrogen and oxygen atoms in total. The van der Waals surface area contributed by atoms with Gasteiger partial charge in [0.05, 0.1) is 6.61 Å². The van der Waals surface area contributed by atoms with Gasteiger partial charge in [0, 0.05) is 13.5 Å². The Labute approximate surface area is 90.0 Å². The molecule has 0 atom stereocenters. The van der Waals surface area contributed by atoms with Crippen LogP contribution in [0.3, 0.4) is 0 Å². The van der Waals surface area contributed by atoms with Crippen LogP contribution < -0.4 is 4.74 Å². The van der Waals surface area contributed by atoms with Crippen molar-refractivity contribution in [2.75, 3.05) is 20.3 Å². The largest absolute Gasteiger partial charge is 0.491 e. The van der Waals surface area contributed by atoms with Crippen molar-refractivity contribution in [3.63, 3.8) is 0 Å². The van der Waals surface area contributed by atoms with E-state index < -0.39 is 0 Å². The Balaban J connectivity index is 2.55. The summed E-state index contributed by atoms with van der Waals surface area (Å²) < 4.78 is 10.4. The second kappa shape index (κ2) is 7.01. The molecule has 0 saturated carbocycles. The number of aldehydes is 1. The number of para-hydroxylation sites is 1. The molecule has 0 unspecified atom stereocenters. The highest BCUT2D eigenvalue weighted by Gasteiger charge is 2.01. The number of hydrogen-bond donors (Lipinski definition) is 0. The second-order valence-corrected chi connectivity index (χ2v) is 3.15. The first-order valence-corrected chi connectivity index (χ1v) is 5.01. The van der Waals surface area contributed by atoms with E-state index in [-0.39, 0.29) is 0 Å². The lowest BCUT2D eigenvalue weighted by atomic mass is 10.1. The van der Waals surface area contributed by atoms with E-state index in [1.54, 1.807) is 7.11 Å². The van der Waals surface area contributed by atoms with Gasteiger partial charge in [-0.15, -0.1) is 0 Å². The number of ether oxygens (including phenoxy) is 2. The van der Waals surface area contributed by atoms with Gasteiger partial charge in [0.25, 0.3) is 0 Å². The summed E-state index contributed by atoms with van der Waals surface area (Å²) in [5.74, 6) is 0.844. The van der Waals surface area contributed by atoms with Crippen LogP contribution in [0.15, 0.2) is 24.3 Å². The van der Waals surface area contributed by atoms with Crippen molar-refractivity contribution in [1.29, 1.82) is 0 Å². The summed E-state index contributed by atoms with van der Waals surface area (Å²) in [4.78, 5) is 10.3. The van der Waals surface area contributed by atoms with Gasteiger partial charge < -0.3 is 14.3 Å². The molecule has 0 aliphatic carbocycles. The van der Waals surface area contributed by atoms with Crippen LogP contribution >= 0.6 is 0 Å². The number of benzene rings is 1. The summed E-state index contributed by atoms with van der Waals surface area (Å²) in [6.45, 7) is 1.11. The van der Waals surface area contributed by atoms with E-state index in [9.17, 15) is 4.79 Å². The maximum atomic E-state index is 10.3. The Morgan fingerprint density at radius 1 is 1.27 bits per heavy atom. The van der Waals surface area contributed by atoms with Crippen molar-refractivity contribution in [2.24, 2.45) is 0 Å². The fourth-order valence-corrected chi connectivity index (χ4v) is 1.30. The summed E-state index contributed by atoms with van der Waals surface area (Å²) in [6.07, 6.45) is 2.18. The van der Waals surface area contributed by atoms with Crippen LogP contribution in [0, 0.1) is 0 Å². The topological polar surface area (TPSA) is 35.5 Å². The summed E-state index contributed by atoms with van der Waals surface area (Å²) >= 11 is 0. The molecule has 0 fully saturated rings. The summed E-state index contributed by atoms with van der Waals surface area (Å²) in [6, 6.07) is 7.76. The summed E-state index contributed by atoms with van der Waals surface area (Å²) in [5.41, 5.74) is 1.07. The smallest absolute Gasteiger partial charge is 0.122 e. The number of hydrogen-bond acceptors (Lipinski definition) is 3. The molecule has 0 aliphatic heterocycles. The first-order valence-electron chi connectivity index (χ1n) is 5.01. The van der Waals surface area contributed by atoms with Crippen molar-refractivity contribution < 1.29 is 14.3 Å². The molecule has 0 bridgehead atoms. The van der Waals surface area contributed by atoms with Crippen molar-refractivity contribution in [3.05, 3.63) is 29.8 Å². The lowest BCUT2D eigenvalue weighted by molar-refractivity contribution is -0.107. The van der Waals surface area contributed by atoms with Gasteiger partial charge in [0.2, 0.25) is 0 Å². The van der Waals surface area contributed by atoms with Crippen LogP contribution in [0.4, 0.5) is 0 Å². The number of carbonyl (C=O) groups is 1. The fraction of sp³-hybridized carbons (Fsp3) is 0.417. The normalized spacial score (nSPS) is 9.93. The Hall–Kier alpha value is -1.35. The van der Waals surface area contributed by atoms with E-state index in [1.807, 2.05) is 24.3 Å². The van der Waals surface area contributed by atoms with Gasteiger partial charge in [-0.05, 0) is 18.1 Å². The van der Waals surface area contributed by atoms with Crippen LogP contribution in [0.2, 0.25) is 0 Å². The van der Waals surface area contributed by atoms with Gasteiger partial charge in [-0.3, -0.25) is 0 Å². The maximum Gasteiger partial charge on any atom is 0.122 e. The monoisotopic (exact) mass is 208 g/mol. The van der Waals surface area contributed by atoms with Crippen molar-refractivity contribution in [1.82, 2.24) is 0 Å². The lowest BCUT2D eigenvalue weighted by Crippen LogP contribution is -2.05. The van der Waals surface area contributed by atoms with Gasteiger partial charge >= 0.3 is 0 Å². The molecule has 0 saturated heterocycles. The first-order chi connectivity index (χ1) is 7.38. The van der Waals surface area contributed by atoms with Crippen molar-refractivity contribution in [3.8, 4) is 5.75 Å². The van der Waals surface area contributed by atoms with E-state index in [4.69, 9.17) is 9.47 Å². The molecule has 0 radical (unpaired) electrons. The predicted molar refractivity (Wildman–Crippen MR) is 58.2 cm³/mol. The minimum Gasteiger partial charge on any atom is -0.491 e. The molecule has 82 valence electrons. The van der Waals surface area contributed by atoms with Crippen LogP contribution in [0.5, 0.6) is 5.75 Å².